The van der Waals surface area contributed by atoms with Crippen molar-refractivity contribution in [1.82, 2.24) is 5.32 Å². The molecular formula is C20H31NO3S. The zero-order valence-corrected chi connectivity index (χ0v) is 16.4. The van der Waals surface area contributed by atoms with Gasteiger partial charge in [0.05, 0.1) is 10.9 Å². The summed E-state index contributed by atoms with van der Waals surface area (Å²) in [4.78, 5) is 12.8. The van der Waals surface area contributed by atoms with Crippen molar-refractivity contribution in [3.05, 3.63) is 29.8 Å². The zero-order valence-electron chi connectivity index (χ0n) is 15.6. The molecule has 0 bridgehead atoms. The Morgan fingerprint density at radius 2 is 1.76 bits per heavy atom. The van der Waals surface area contributed by atoms with Crippen molar-refractivity contribution in [3.63, 3.8) is 0 Å². The second-order valence-corrected chi connectivity index (χ2v) is 9.45. The van der Waals surface area contributed by atoms with Gasteiger partial charge in [-0.2, -0.15) is 0 Å². The first kappa shape index (κ1) is 20.0. The van der Waals surface area contributed by atoms with Crippen LogP contribution in [0.2, 0.25) is 0 Å². The van der Waals surface area contributed by atoms with Crippen LogP contribution in [0.15, 0.2) is 29.2 Å². The Morgan fingerprint density at radius 1 is 1.16 bits per heavy atom. The van der Waals surface area contributed by atoms with E-state index in [0.29, 0.717) is 4.90 Å². The minimum Gasteiger partial charge on any atom is -0.349 e. The summed E-state index contributed by atoms with van der Waals surface area (Å²) in [7, 11) is -3.18. The van der Waals surface area contributed by atoms with E-state index in [9.17, 15) is 13.2 Å². The lowest BCUT2D eigenvalue weighted by Crippen LogP contribution is -2.34. The molecular weight excluding hydrogens is 334 g/mol. The van der Waals surface area contributed by atoms with Gasteiger partial charge in [0.15, 0.2) is 9.84 Å². The van der Waals surface area contributed by atoms with E-state index in [4.69, 9.17) is 0 Å². The molecule has 140 valence electrons. The van der Waals surface area contributed by atoms with Gasteiger partial charge >= 0.3 is 0 Å². The lowest BCUT2D eigenvalue weighted by atomic mass is 9.79. The summed E-state index contributed by atoms with van der Waals surface area (Å²) in [6.45, 7) is 4.17. The van der Waals surface area contributed by atoms with Crippen LogP contribution in [-0.4, -0.2) is 20.6 Å². The third-order valence-corrected chi connectivity index (χ3v) is 6.48. The number of sulfone groups is 1. The molecule has 1 aliphatic carbocycles. The van der Waals surface area contributed by atoms with Gasteiger partial charge in [0, 0.05) is 12.2 Å². The summed E-state index contributed by atoms with van der Waals surface area (Å²) in [5.41, 5.74) is 0.928. The molecule has 0 aliphatic heterocycles. The molecule has 1 fully saturated rings. The lowest BCUT2D eigenvalue weighted by molar-refractivity contribution is -0.126. The fraction of sp³-hybridized carbons (Fsp3) is 0.650. The van der Waals surface area contributed by atoms with Gasteiger partial charge in [0.1, 0.15) is 0 Å². The summed E-state index contributed by atoms with van der Waals surface area (Å²) < 4.78 is 23.0. The highest BCUT2D eigenvalue weighted by Gasteiger charge is 2.26. The van der Waals surface area contributed by atoms with Crippen LogP contribution in [0.5, 0.6) is 0 Å². The van der Waals surface area contributed by atoms with Crippen LogP contribution in [0, 0.1) is 11.8 Å². The highest BCUT2D eigenvalue weighted by molar-refractivity contribution is 7.90. The molecule has 0 unspecified atom stereocenters. The smallest absolute Gasteiger partial charge is 0.223 e. The summed E-state index contributed by atoms with van der Waals surface area (Å²) >= 11 is 0. The predicted octanol–water partition coefficient (Wildman–Crippen LogP) is 4.26. The first-order chi connectivity index (χ1) is 11.8. The first-order valence-corrected chi connectivity index (χ1v) is 11.3. The average Bonchev–Trinajstić information content (AvgIpc) is 2.59. The summed E-state index contributed by atoms with van der Waals surface area (Å²) in [6, 6.07) is 6.66. The highest BCUT2D eigenvalue weighted by Crippen LogP contribution is 2.32. The number of benzene rings is 1. The van der Waals surface area contributed by atoms with Gasteiger partial charge in [-0.15, -0.1) is 0 Å². The van der Waals surface area contributed by atoms with Crippen molar-refractivity contribution in [2.24, 2.45) is 11.8 Å². The molecule has 0 radical (unpaired) electrons. The van der Waals surface area contributed by atoms with Gasteiger partial charge in [0.25, 0.3) is 0 Å². The van der Waals surface area contributed by atoms with E-state index in [1.165, 1.54) is 25.5 Å². The molecule has 1 atom stereocenters. The van der Waals surface area contributed by atoms with Crippen LogP contribution in [0.3, 0.4) is 0 Å². The number of hydrogen-bond acceptors (Lipinski definition) is 3. The van der Waals surface area contributed by atoms with Gasteiger partial charge in [-0.3, -0.25) is 4.79 Å². The predicted molar refractivity (Wildman–Crippen MR) is 101 cm³/mol. The fourth-order valence-corrected chi connectivity index (χ4v) is 4.25. The number of rotatable bonds is 7. The number of unbranched alkanes of at least 4 members (excludes halogenated alkanes) is 1. The Morgan fingerprint density at radius 3 is 2.28 bits per heavy atom. The fourth-order valence-electron chi connectivity index (χ4n) is 3.62. The maximum absolute atomic E-state index is 12.5. The zero-order chi connectivity index (χ0) is 18.4. The Bertz CT molecular complexity index is 659. The number of carbonyl (C=O) groups excluding carboxylic acids is 1. The molecule has 5 heteroatoms. The van der Waals surface area contributed by atoms with Crippen molar-refractivity contribution >= 4 is 15.7 Å². The minimum absolute atomic E-state index is 0.112. The van der Waals surface area contributed by atoms with Gasteiger partial charge < -0.3 is 5.32 Å². The van der Waals surface area contributed by atoms with E-state index < -0.39 is 9.84 Å². The lowest BCUT2D eigenvalue weighted by Gasteiger charge is -2.28. The van der Waals surface area contributed by atoms with Crippen LogP contribution in [-0.2, 0) is 14.6 Å². The molecule has 1 aromatic rings. The van der Waals surface area contributed by atoms with Gasteiger partial charge in [-0.05, 0) is 56.2 Å². The molecule has 0 saturated heterocycles. The Hall–Kier alpha value is -1.36. The monoisotopic (exact) mass is 365 g/mol. The molecule has 1 aromatic carbocycles. The summed E-state index contributed by atoms with van der Waals surface area (Å²) in [5.74, 6) is 1.05. The Kier molecular flexibility index (Phi) is 7.05. The van der Waals surface area contributed by atoms with Gasteiger partial charge in [-0.25, -0.2) is 8.42 Å². The van der Waals surface area contributed by atoms with Crippen LogP contribution in [0.1, 0.15) is 70.4 Å². The molecule has 4 nitrogen and oxygen atoms in total. The normalized spacial score (nSPS) is 22.4. The van der Waals surface area contributed by atoms with E-state index in [1.54, 1.807) is 24.3 Å². The largest absolute Gasteiger partial charge is 0.349 e. The maximum Gasteiger partial charge on any atom is 0.223 e. The molecule has 25 heavy (non-hydrogen) atoms. The molecule has 0 spiro atoms. The van der Waals surface area contributed by atoms with Crippen molar-refractivity contribution in [2.45, 2.75) is 69.7 Å². The van der Waals surface area contributed by atoms with E-state index in [-0.39, 0.29) is 17.9 Å². The molecule has 0 heterocycles. The van der Waals surface area contributed by atoms with Crippen LogP contribution < -0.4 is 5.32 Å². The molecule has 0 aromatic heterocycles. The number of carbonyl (C=O) groups is 1. The average molecular weight is 366 g/mol. The minimum atomic E-state index is -3.18. The quantitative estimate of drug-likeness (QED) is 0.785. The van der Waals surface area contributed by atoms with Crippen LogP contribution in [0.25, 0.3) is 0 Å². The second-order valence-electron chi connectivity index (χ2n) is 7.43. The molecule has 1 aliphatic rings. The van der Waals surface area contributed by atoms with Gasteiger partial charge in [0.2, 0.25) is 5.91 Å². The Labute approximate surface area is 152 Å². The van der Waals surface area contributed by atoms with Crippen molar-refractivity contribution < 1.29 is 13.2 Å². The summed E-state index contributed by atoms with van der Waals surface area (Å²) in [6.07, 6.45) is 9.33. The number of amides is 1. The highest BCUT2D eigenvalue weighted by atomic mass is 32.2. The SMILES string of the molecule is CCCCC1CCC(C(=O)N[C@H](C)c2ccc(S(C)(=O)=O)cc2)CC1. The van der Waals surface area contributed by atoms with E-state index in [1.807, 2.05) is 6.92 Å². The van der Waals surface area contributed by atoms with E-state index in [2.05, 4.69) is 12.2 Å². The maximum atomic E-state index is 12.5. The van der Waals surface area contributed by atoms with Crippen molar-refractivity contribution in [1.29, 1.82) is 0 Å². The van der Waals surface area contributed by atoms with Crippen LogP contribution >= 0.6 is 0 Å². The van der Waals surface area contributed by atoms with Crippen LogP contribution in [0.4, 0.5) is 0 Å². The van der Waals surface area contributed by atoms with E-state index in [0.717, 1.165) is 37.2 Å². The summed E-state index contributed by atoms with van der Waals surface area (Å²) in [5, 5.41) is 3.09. The molecule has 1 N–H and O–H groups in total. The molecule has 2 rings (SSSR count). The number of hydrogen-bond donors (Lipinski definition) is 1. The third-order valence-electron chi connectivity index (χ3n) is 5.35. The standard InChI is InChI=1S/C20H31NO3S/c1-4-5-6-16-7-9-18(10-8-16)20(22)21-15(2)17-11-13-19(14-12-17)25(3,23)24/h11-16,18H,4-10H2,1-3H3,(H,21,22)/t15-,16?,18?/m1/s1. The Balaban J connectivity index is 1.86. The molecule has 1 amide bonds. The molecule has 1 saturated carbocycles. The van der Waals surface area contributed by atoms with E-state index >= 15 is 0 Å². The first-order valence-electron chi connectivity index (χ1n) is 9.41. The van der Waals surface area contributed by atoms with Gasteiger partial charge in [-0.1, -0.05) is 38.3 Å². The van der Waals surface area contributed by atoms with Crippen molar-refractivity contribution in [2.75, 3.05) is 6.26 Å². The third kappa shape index (κ3) is 5.84. The van der Waals surface area contributed by atoms with Crippen molar-refractivity contribution in [3.8, 4) is 0 Å². The number of nitrogens with one attached hydrogen (secondary N) is 1. The second kappa shape index (κ2) is 8.84. The topological polar surface area (TPSA) is 63.2 Å².